The van der Waals surface area contributed by atoms with Gasteiger partial charge in [-0.3, -0.25) is 4.90 Å². The highest BCUT2D eigenvalue weighted by Crippen LogP contribution is 2.35. The van der Waals surface area contributed by atoms with Gasteiger partial charge in [0.05, 0.1) is 25.3 Å². The van der Waals surface area contributed by atoms with Gasteiger partial charge < -0.3 is 19.5 Å². The SMILES string of the molecule is CCc1nc(Oc2ccc(C(=O)O)cc2)ccc1CN1CCC(N2C(=O)N(C(=O)OC)CC2c2ccccc2)CC1. The molecule has 3 aromatic rings. The maximum absolute atomic E-state index is 13.3. The van der Waals surface area contributed by atoms with Crippen molar-refractivity contribution in [3.8, 4) is 11.6 Å². The van der Waals surface area contributed by atoms with Crippen molar-refractivity contribution in [2.24, 2.45) is 0 Å². The number of aromatic nitrogens is 1. The molecular weight excluding hydrogens is 524 g/mol. The summed E-state index contributed by atoms with van der Waals surface area (Å²) >= 11 is 0. The third-order valence-electron chi connectivity index (χ3n) is 7.77. The average molecular weight is 559 g/mol. The summed E-state index contributed by atoms with van der Waals surface area (Å²) in [7, 11) is 1.30. The number of carbonyl (C=O) groups is 3. The number of aromatic carboxylic acids is 1. The Bertz CT molecular complexity index is 1390. The zero-order valence-corrected chi connectivity index (χ0v) is 23.2. The fourth-order valence-corrected chi connectivity index (χ4v) is 5.63. The lowest BCUT2D eigenvalue weighted by atomic mass is 9.98. The standard InChI is InChI=1S/C31H34N4O6/c1-3-26-23(11-14-28(32-26)41-25-12-9-22(10-13-25)29(36)37)19-33-17-15-24(16-18-33)35-27(21-7-5-4-6-8-21)20-34(30(35)38)31(39)40-2/h4-14,24,27H,3,15-20H2,1-2H3,(H,36,37). The molecule has 2 aromatic carbocycles. The summed E-state index contributed by atoms with van der Waals surface area (Å²) in [4.78, 5) is 46.9. The molecule has 0 spiro atoms. The van der Waals surface area contributed by atoms with Gasteiger partial charge in [0, 0.05) is 37.4 Å². The van der Waals surface area contributed by atoms with Gasteiger partial charge in [-0.2, -0.15) is 0 Å². The summed E-state index contributed by atoms with van der Waals surface area (Å²) < 4.78 is 10.7. The number of aryl methyl sites for hydroxylation is 1. The Morgan fingerprint density at radius 3 is 2.34 bits per heavy atom. The van der Waals surface area contributed by atoms with E-state index in [9.17, 15) is 14.4 Å². The van der Waals surface area contributed by atoms with E-state index in [0.717, 1.165) is 55.7 Å². The van der Waals surface area contributed by atoms with E-state index in [1.54, 1.807) is 12.1 Å². The maximum atomic E-state index is 13.3. The molecule has 0 saturated carbocycles. The second-order valence-corrected chi connectivity index (χ2v) is 10.2. The normalized spacial score (nSPS) is 18.0. The van der Waals surface area contributed by atoms with Gasteiger partial charge in [-0.05, 0) is 54.7 Å². The van der Waals surface area contributed by atoms with Crippen molar-refractivity contribution in [3.05, 3.63) is 89.1 Å². The molecule has 1 aromatic heterocycles. The van der Waals surface area contributed by atoms with Gasteiger partial charge in [0.25, 0.3) is 0 Å². The molecule has 2 aliphatic heterocycles. The van der Waals surface area contributed by atoms with E-state index >= 15 is 0 Å². The average Bonchev–Trinajstić information content (AvgIpc) is 3.35. The summed E-state index contributed by atoms with van der Waals surface area (Å²) in [6.07, 6.45) is 1.71. The number of likely N-dealkylation sites (tertiary alicyclic amines) is 1. The number of piperidine rings is 1. The molecule has 0 bridgehead atoms. The molecule has 214 valence electrons. The topological polar surface area (TPSA) is 113 Å². The first kappa shape index (κ1) is 28.1. The number of pyridine rings is 1. The Balaban J connectivity index is 1.23. The third-order valence-corrected chi connectivity index (χ3v) is 7.77. The largest absolute Gasteiger partial charge is 0.478 e. The monoisotopic (exact) mass is 558 g/mol. The molecule has 3 amide bonds. The Kier molecular flexibility index (Phi) is 8.49. The van der Waals surface area contributed by atoms with Crippen molar-refractivity contribution in [1.82, 2.24) is 19.7 Å². The number of ether oxygens (including phenoxy) is 2. The van der Waals surface area contributed by atoms with Crippen LogP contribution in [0.5, 0.6) is 11.6 Å². The lowest BCUT2D eigenvalue weighted by Gasteiger charge is -2.39. The second kappa shape index (κ2) is 12.4. The van der Waals surface area contributed by atoms with Crippen LogP contribution in [0.25, 0.3) is 0 Å². The summed E-state index contributed by atoms with van der Waals surface area (Å²) in [5.41, 5.74) is 3.27. The minimum atomic E-state index is -0.984. The van der Waals surface area contributed by atoms with Crippen LogP contribution in [0.3, 0.4) is 0 Å². The molecule has 0 aliphatic carbocycles. The molecule has 1 unspecified atom stereocenters. The predicted octanol–water partition coefficient (Wildman–Crippen LogP) is 5.34. The molecule has 2 aliphatic rings. The van der Waals surface area contributed by atoms with Gasteiger partial charge in [-0.15, -0.1) is 0 Å². The van der Waals surface area contributed by atoms with E-state index in [2.05, 4.69) is 11.8 Å². The number of imide groups is 1. The minimum absolute atomic E-state index is 0.0191. The first-order valence-electron chi connectivity index (χ1n) is 13.8. The van der Waals surface area contributed by atoms with Gasteiger partial charge in [-0.1, -0.05) is 43.3 Å². The highest BCUT2D eigenvalue weighted by atomic mass is 16.5. The number of amides is 3. The van der Waals surface area contributed by atoms with Gasteiger partial charge in [0.2, 0.25) is 5.88 Å². The minimum Gasteiger partial charge on any atom is -0.478 e. The molecule has 2 saturated heterocycles. The van der Waals surface area contributed by atoms with Gasteiger partial charge >= 0.3 is 18.1 Å². The number of carbonyl (C=O) groups excluding carboxylic acids is 2. The van der Waals surface area contributed by atoms with Crippen molar-refractivity contribution < 1.29 is 29.0 Å². The Labute approximate surface area is 239 Å². The molecule has 41 heavy (non-hydrogen) atoms. The number of carboxylic acid groups (broad SMARTS) is 1. The number of benzene rings is 2. The van der Waals surface area contributed by atoms with Crippen LogP contribution in [0, 0.1) is 0 Å². The van der Waals surface area contributed by atoms with E-state index in [4.69, 9.17) is 19.6 Å². The quantitative estimate of drug-likeness (QED) is 0.394. The molecule has 2 fully saturated rings. The van der Waals surface area contributed by atoms with Crippen molar-refractivity contribution in [1.29, 1.82) is 0 Å². The molecule has 1 atom stereocenters. The van der Waals surface area contributed by atoms with Crippen LogP contribution in [0.2, 0.25) is 0 Å². The number of hydrogen-bond acceptors (Lipinski definition) is 7. The smallest absolute Gasteiger partial charge is 0.417 e. The second-order valence-electron chi connectivity index (χ2n) is 10.2. The van der Waals surface area contributed by atoms with Gasteiger partial charge in [-0.25, -0.2) is 24.3 Å². The summed E-state index contributed by atoms with van der Waals surface area (Å²) in [6.45, 7) is 4.69. The van der Waals surface area contributed by atoms with Crippen LogP contribution < -0.4 is 4.74 Å². The maximum Gasteiger partial charge on any atom is 0.417 e. The summed E-state index contributed by atoms with van der Waals surface area (Å²) in [6, 6.07) is 19.5. The van der Waals surface area contributed by atoms with Crippen LogP contribution in [-0.4, -0.2) is 75.7 Å². The van der Waals surface area contributed by atoms with E-state index in [0.29, 0.717) is 11.6 Å². The third kappa shape index (κ3) is 6.17. The Morgan fingerprint density at radius 1 is 1.00 bits per heavy atom. The highest BCUT2D eigenvalue weighted by Gasteiger charge is 2.45. The number of rotatable bonds is 8. The number of carboxylic acids is 1. The number of nitrogens with zero attached hydrogens (tertiary/aromatic N) is 4. The summed E-state index contributed by atoms with van der Waals surface area (Å²) in [5.74, 6) is -0.0000103. The number of methoxy groups -OCH3 is 1. The fraction of sp³-hybridized carbons (Fsp3) is 0.355. The first-order chi connectivity index (χ1) is 19.9. The van der Waals surface area contributed by atoms with Gasteiger partial charge in [0.15, 0.2) is 0 Å². The molecule has 10 heteroatoms. The van der Waals surface area contributed by atoms with Crippen molar-refractivity contribution >= 4 is 18.1 Å². The lowest BCUT2D eigenvalue weighted by molar-refractivity contribution is 0.0696. The van der Waals surface area contributed by atoms with E-state index < -0.39 is 12.1 Å². The van der Waals surface area contributed by atoms with Crippen LogP contribution in [-0.2, 0) is 17.7 Å². The molecule has 0 radical (unpaired) electrons. The molecule has 10 nitrogen and oxygen atoms in total. The van der Waals surface area contributed by atoms with E-state index in [-0.39, 0.29) is 30.2 Å². The molecular formula is C31H34N4O6. The Morgan fingerprint density at radius 2 is 1.71 bits per heavy atom. The molecule has 5 rings (SSSR count). The molecule has 3 heterocycles. The van der Waals surface area contributed by atoms with Crippen molar-refractivity contribution in [2.75, 3.05) is 26.7 Å². The van der Waals surface area contributed by atoms with Crippen molar-refractivity contribution in [2.45, 2.75) is 44.8 Å². The van der Waals surface area contributed by atoms with Crippen molar-refractivity contribution in [3.63, 3.8) is 0 Å². The highest BCUT2D eigenvalue weighted by molar-refractivity contribution is 5.93. The van der Waals surface area contributed by atoms with Crippen LogP contribution in [0.4, 0.5) is 9.59 Å². The van der Waals surface area contributed by atoms with Crippen LogP contribution in [0.1, 0.15) is 53.0 Å². The number of hydrogen-bond donors (Lipinski definition) is 1. The lowest BCUT2D eigenvalue weighted by Crippen LogP contribution is -2.47. The predicted molar refractivity (Wildman–Crippen MR) is 151 cm³/mol. The molecule has 1 N–H and O–H groups in total. The summed E-state index contributed by atoms with van der Waals surface area (Å²) in [5, 5.41) is 9.09. The zero-order chi connectivity index (χ0) is 28.9. The first-order valence-corrected chi connectivity index (χ1v) is 13.8. The van der Waals surface area contributed by atoms with E-state index in [1.807, 2.05) is 47.4 Å². The van der Waals surface area contributed by atoms with E-state index in [1.165, 1.54) is 24.1 Å². The zero-order valence-electron chi connectivity index (χ0n) is 23.2. The van der Waals surface area contributed by atoms with Crippen LogP contribution >= 0.6 is 0 Å². The van der Waals surface area contributed by atoms with Crippen LogP contribution in [0.15, 0.2) is 66.7 Å². The number of urea groups is 1. The van der Waals surface area contributed by atoms with Gasteiger partial charge in [0.1, 0.15) is 5.75 Å². The Hall–Kier alpha value is -4.44. The fourth-order valence-electron chi connectivity index (χ4n) is 5.63.